The zero-order chi connectivity index (χ0) is 16.1. The molecule has 1 aliphatic rings. The Bertz CT molecular complexity index is 643. The maximum absolute atomic E-state index is 12.4. The summed E-state index contributed by atoms with van der Waals surface area (Å²) < 4.78 is 2.04. The fraction of sp³-hybridized carbons (Fsp3) is 0.471. The molecule has 1 aliphatic heterocycles. The van der Waals surface area contributed by atoms with Gasteiger partial charge in [0.2, 0.25) is 5.91 Å². The highest BCUT2D eigenvalue weighted by Crippen LogP contribution is 2.21. The molecule has 0 bridgehead atoms. The molecule has 1 atom stereocenters. The topological polar surface area (TPSA) is 51.0 Å². The number of piperidine rings is 1. The Morgan fingerprint density at radius 3 is 3.00 bits per heavy atom. The Morgan fingerprint density at radius 1 is 1.30 bits per heavy atom. The van der Waals surface area contributed by atoms with Crippen LogP contribution in [0.4, 0.5) is 0 Å². The Morgan fingerprint density at radius 2 is 2.22 bits per heavy atom. The Balaban J connectivity index is 1.58. The van der Waals surface area contributed by atoms with E-state index in [1.165, 1.54) is 18.2 Å². The van der Waals surface area contributed by atoms with Gasteiger partial charge in [-0.05, 0) is 38.3 Å². The number of pyridine rings is 1. The number of imidazole rings is 1. The molecule has 0 N–H and O–H groups in total. The fourth-order valence-electron chi connectivity index (χ4n) is 2.90. The molecule has 0 aromatic carbocycles. The molecule has 2 aromatic rings. The maximum atomic E-state index is 12.4. The van der Waals surface area contributed by atoms with Gasteiger partial charge in [0.05, 0.1) is 18.0 Å². The van der Waals surface area contributed by atoms with E-state index in [0.717, 1.165) is 30.2 Å². The summed E-state index contributed by atoms with van der Waals surface area (Å²) in [5.41, 5.74) is 0.989. The smallest absolute Gasteiger partial charge is 0.233 e. The molecule has 3 heterocycles. The highest BCUT2D eigenvalue weighted by molar-refractivity contribution is 7.99. The van der Waals surface area contributed by atoms with Gasteiger partial charge in [-0.1, -0.05) is 17.8 Å². The first-order chi connectivity index (χ1) is 11.2. The van der Waals surface area contributed by atoms with Gasteiger partial charge < -0.3 is 9.47 Å². The van der Waals surface area contributed by atoms with Gasteiger partial charge in [-0.3, -0.25) is 9.78 Å². The number of carbonyl (C=O) groups excluding carboxylic acids is 1. The van der Waals surface area contributed by atoms with Crippen LogP contribution < -0.4 is 0 Å². The van der Waals surface area contributed by atoms with E-state index in [2.05, 4.69) is 16.9 Å². The minimum atomic E-state index is 0.217. The normalized spacial score (nSPS) is 18.1. The summed E-state index contributed by atoms with van der Waals surface area (Å²) in [7, 11) is 0. The van der Waals surface area contributed by atoms with Gasteiger partial charge in [0.25, 0.3) is 0 Å². The van der Waals surface area contributed by atoms with Gasteiger partial charge in [-0.2, -0.15) is 0 Å². The Hall–Kier alpha value is -1.82. The van der Waals surface area contributed by atoms with Crippen LogP contribution in [0.5, 0.6) is 0 Å². The number of nitrogens with zero attached hydrogens (tertiary/aromatic N) is 4. The molecule has 1 saturated heterocycles. The zero-order valence-electron chi connectivity index (χ0n) is 13.4. The molecule has 5 nitrogen and oxygen atoms in total. The van der Waals surface area contributed by atoms with Crippen LogP contribution in [0.2, 0.25) is 0 Å². The van der Waals surface area contributed by atoms with Gasteiger partial charge in [-0.15, -0.1) is 0 Å². The van der Waals surface area contributed by atoms with Crippen molar-refractivity contribution in [3.63, 3.8) is 0 Å². The number of amides is 1. The average Bonchev–Trinajstić information content (AvgIpc) is 3.01. The fourth-order valence-corrected chi connectivity index (χ4v) is 3.75. The van der Waals surface area contributed by atoms with Crippen LogP contribution in [0, 0.1) is 0 Å². The Kier molecular flexibility index (Phi) is 5.33. The van der Waals surface area contributed by atoms with Crippen molar-refractivity contribution in [1.82, 2.24) is 19.4 Å². The van der Waals surface area contributed by atoms with Crippen LogP contribution in [0.1, 0.15) is 31.9 Å². The lowest BCUT2D eigenvalue weighted by Crippen LogP contribution is -2.42. The molecule has 3 rings (SSSR count). The summed E-state index contributed by atoms with van der Waals surface area (Å²) in [4.78, 5) is 23.2. The molecule has 2 aromatic heterocycles. The van der Waals surface area contributed by atoms with Crippen molar-refractivity contribution in [2.24, 2.45) is 0 Å². The molecular weight excluding hydrogens is 308 g/mol. The van der Waals surface area contributed by atoms with Crippen molar-refractivity contribution in [3.05, 3.63) is 42.5 Å². The summed E-state index contributed by atoms with van der Waals surface area (Å²) in [6.07, 6.45) is 8.97. The van der Waals surface area contributed by atoms with E-state index >= 15 is 0 Å². The lowest BCUT2D eigenvalue weighted by molar-refractivity contribution is -0.131. The Labute approximate surface area is 141 Å². The minimum absolute atomic E-state index is 0.217. The van der Waals surface area contributed by atoms with Crippen LogP contribution >= 0.6 is 11.8 Å². The van der Waals surface area contributed by atoms with E-state index in [0.29, 0.717) is 18.3 Å². The molecule has 0 unspecified atom stereocenters. The molecule has 1 amide bonds. The van der Waals surface area contributed by atoms with Crippen molar-refractivity contribution in [2.45, 2.75) is 43.9 Å². The number of hydrogen-bond donors (Lipinski definition) is 0. The third-order valence-corrected chi connectivity index (χ3v) is 5.17. The number of hydrogen-bond acceptors (Lipinski definition) is 4. The molecule has 6 heteroatoms. The van der Waals surface area contributed by atoms with E-state index in [1.54, 1.807) is 12.4 Å². The highest BCUT2D eigenvalue weighted by atomic mass is 32.2. The van der Waals surface area contributed by atoms with E-state index < -0.39 is 0 Å². The monoisotopic (exact) mass is 330 g/mol. The number of likely N-dealkylation sites (tertiary alicyclic amines) is 1. The molecule has 0 spiro atoms. The third kappa shape index (κ3) is 4.13. The number of rotatable bonds is 5. The first-order valence-corrected chi connectivity index (χ1v) is 9.06. The van der Waals surface area contributed by atoms with Crippen molar-refractivity contribution < 1.29 is 4.79 Å². The summed E-state index contributed by atoms with van der Waals surface area (Å²) in [6, 6.07) is 6.25. The third-order valence-electron chi connectivity index (χ3n) is 4.18. The van der Waals surface area contributed by atoms with Crippen molar-refractivity contribution in [1.29, 1.82) is 0 Å². The number of thioether (sulfide) groups is 1. The largest absolute Gasteiger partial charge is 0.339 e. The molecule has 122 valence electrons. The van der Waals surface area contributed by atoms with Gasteiger partial charge in [0.15, 0.2) is 5.16 Å². The van der Waals surface area contributed by atoms with Crippen LogP contribution in [0.15, 0.2) is 41.9 Å². The summed E-state index contributed by atoms with van der Waals surface area (Å²) >= 11 is 1.51. The second-order valence-electron chi connectivity index (χ2n) is 5.88. The number of carbonyl (C=O) groups is 1. The first kappa shape index (κ1) is 16.1. The predicted octanol–water partition coefficient (Wildman–Crippen LogP) is 2.82. The second kappa shape index (κ2) is 7.64. The molecular formula is C17H22N4OS. The molecule has 1 fully saturated rings. The molecule has 0 aliphatic carbocycles. The predicted molar refractivity (Wildman–Crippen MR) is 91.3 cm³/mol. The standard InChI is InChI=1S/C17H22N4OS/c1-14-6-3-5-10-21(14)16(22)13-23-17-19-9-11-20(17)12-15-7-2-4-8-18-15/h2,4,7-9,11,14H,3,5-6,10,12-13H2,1H3/t14-/m1/s1. The van der Waals surface area contributed by atoms with Crippen LogP contribution in [-0.2, 0) is 11.3 Å². The zero-order valence-corrected chi connectivity index (χ0v) is 14.2. The number of aromatic nitrogens is 3. The molecule has 0 radical (unpaired) electrons. The first-order valence-electron chi connectivity index (χ1n) is 8.07. The van der Waals surface area contributed by atoms with Crippen molar-refractivity contribution in [3.8, 4) is 0 Å². The van der Waals surface area contributed by atoms with Crippen LogP contribution in [-0.4, -0.2) is 43.7 Å². The van der Waals surface area contributed by atoms with Gasteiger partial charge in [-0.25, -0.2) is 4.98 Å². The lowest BCUT2D eigenvalue weighted by Gasteiger charge is -2.33. The lowest BCUT2D eigenvalue weighted by atomic mass is 10.0. The van der Waals surface area contributed by atoms with Crippen LogP contribution in [0.25, 0.3) is 0 Å². The average molecular weight is 330 g/mol. The summed E-state index contributed by atoms with van der Waals surface area (Å²) in [6.45, 7) is 3.71. The van der Waals surface area contributed by atoms with Crippen molar-refractivity contribution >= 4 is 17.7 Å². The second-order valence-corrected chi connectivity index (χ2v) is 6.82. The highest BCUT2D eigenvalue weighted by Gasteiger charge is 2.23. The van der Waals surface area contributed by atoms with E-state index in [9.17, 15) is 4.79 Å². The molecule has 0 saturated carbocycles. The molecule has 23 heavy (non-hydrogen) atoms. The van der Waals surface area contributed by atoms with Crippen LogP contribution in [0.3, 0.4) is 0 Å². The van der Waals surface area contributed by atoms with Gasteiger partial charge >= 0.3 is 0 Å². The van der Waals surface area contributed by atoms with Gasteiger partial charge in [0.1, 0.15) is 0 Å². The van der Waals surface area contributed by atoms with E-state index in [4.69, 9.17) is 0 Å². The van der Waals surface area contributed by atoms with E-state index in [1.807, 2.05) is 33.9 Å². The quantitative estimate of drug-likeness (QED) is 0.791. The van der Waals surface area contributed by atoms with Gasteiger partial charge in [0, 0.05) is 31.2 Å². The maximum Gasteiger partial charge on any atom is 0.233 e. The SMILES string of the molecule is C[C@@H]1CCCCN1C(=O)CSc1nccn1Cc1ccccn1. The summed E-state index contributed by atoms with van der Waals surface area (Å²) in [5, 5.41) is 0.869. The van der Waals surface area contributed by atoms with Crippen molar-refractivity contribution in [2.75, 3.05) is 12.3 Å². The minimum Gasteiger partial charge on any atom is -0.339 e. The summed E-state index contributed by atoms with van der Waals surface area (Å²) in [5.74, 6) is 0.665. The van der Waals surface area contributed by atoms with E-state index in [-0.39, 0.29) is 5.91 Å².